The van der Waals surface area contributed by atoms with Crippen LogP contribution in [0.25, 0.3) is 0 Å². The highest BCUT2D eigenvalue weighted by molar-refractivity contribution is 6.29. The molecule has 0 saturated heterocycles. The number of aromatic nitrogens is 2. The number of nitrogens with one attached hydrogen (secondary N) is 1. The quantitative estimate of drug-likeness (QED) is 0.635. The number of ether oxygens (including phenoxy) is 2. The van der Waals surface area contributed by atoms with Gasteiger partial charge in [0.05, 0.1) is 25.5 Å². The SMILES string of the molecule is COC(=O)c1ccc(OC)c(Nc2cc(Cl)nc(CC3CC3)n2)c1. The van der Waals surface area contributed by atoms with Crippen molar-refractivity contribution in [1.29, 1.82) is 0 Å². The second-order valence-corrected chi connectivity index (χ2v) is 6.06. The number of hydrogen-bond acceptors (Lipinski definition) is 6. The fourth-order valence-electron chi connectivity index (χ4n) is 2.39. The predicted molar refractivity (Wildman–Crippen MR) is 91.1 cm³/mol. The molecule has 1 fully saturated rings. The van der Waals surface area contributed by atoms with E-state index in [1.165, 1.54) is 20.0 Å². The summed E-state index contributed by atoms with van der Waals surface area (Å²) >= 11 is 6.10. The molecule has 0 spiro atoms. The average Bonchev–Trinajstić information content (AvgIpc) is 3.37. The summed E-state index contributed by atoms with van der Waals surface area (Å²) in [6.07, 6.45) is 3.26. The van der Waals surface area contributed by atoms with Gasteiger partial charge in [-0.1, -0.05) is 11.6 Å². The first kappa shape index (κ1) is 16.5. The highest BCUT2D eigenvalue weighted by Gasteiger charge is 2.23. The largest absolute Gasteiger partial charge is 0.495 e. The first-order chi connectivity index (χ1) is 11.6. The van der Waals surface area contributed by atoms with Crippen molar-refractivity contribution in [3.63, 3.8) is 0 Å². The van der Waals surface area contributed by atoms with E-state index in [0.717, 1.165) is 12.2 Å². The number of esters is 1. The zero-order valence-electron chi connectivity index (χ0n) is 13.5. The lowest BCUT2D eigenvalue weighted by Crippen LogP contribution is -2.05. The minimum Gasteiger partial charge on any atom is -0.495 e. The Bertz CT molecular complexity index is 763. The van der Waals surface area contributed by atoms with Crippen molar-refractivity contribution in [3.8, 4) is 5.75 Å². The fraction of sp³-hybridized carbons (Fsp3) is 0.353. The van der Waals surface area contributed by atoms with Gasteiger partial charge in [-0.25, -0.2) is 14.8 Å². The van der Waals surface area contributed by atoms with Gasteiger partial charge < -0.3 is 14.8 Å². The topological polar surface area (TPSA) is 73.3 Å². The van der Waals surface area contributed by atoms with Gasteiger partial charge >= 0.3 is 5.97 Å². The van der Waals surface area contributed by atoms with E-state index in [9.17, 15) is 4.79 Å². The molecule has 1 aliphatic carbocycles. The molecule has 0 amide bonds. The van der Waals surface area contributed by atoms with Crippen LogP contribution in [0.15, 0.2) is 24.3 Å². The van der Waals surface area contributed by atoms with E-state index < -0.39 is 5.97 Å². The first-order valence-electron chi connectivity index (χ1n) is 7.66. The summed E-state index contributed by atoms with van der Waals surface area (Å²) in [6, 6.07) is 6.63. The summed E-state index contributed by atoms with van der Waals surface area (Å²) in [5.41, 5.74) is 1.02. The van der Waals surface area contributed by atoms with E-state index in [-0.39, 0.29) is 0 Å². The Hall–Kier alpha value is -2.34. The lowest BCUT2D eigenvalue weighted by Gasteiger charge is -2.13. The van der Waals surface area contributed by atoms with Gasteiger partial charge in [-0.05, 0) is 37.0 Å². The number of benzene rings is 1. The third kappa shape index (κ3) is 3.94. The molecule has 1 heterocycles. The number of halogens is 1. The van der Waals surface area contributed by atoms with Crippen LogP contribution >= 0.6 is 11.6 Å². The van der Waals surface area contributed by atoms with Crippen molar-refractivity contribution in [2.24, 2.45) is 5.92 Å². The zero-order valence-corrected chi connectivity index (χ0v) is 14.3. The molecule has 1 aromatic carbocycles. The van der Waals surface area contributed by atoms with Crippen LogP contribution in [0.3, 0.4) is 0 Å². The summed E-state index contributed by atoms with van der Waals surface area (Å²) in [5.74, 6) is 2.10. The Kier molecular flexibility index (Phi) is 4.85. The summed E-state index contributed by atoms with van der Waals surface area (Å²) < 4.78 is 10.1. The van der Waals surface area contributed by atoms with Gasteiger partial charge in [0.1, 0.15) is 22.5 Å². The van der Waals surface area contributed by atoms with Crippen molar-refractivity contribution < 1.29 is 14.3 Å². The normalized spacial score (nSPS) is 13.5. The molecule has 0 radical (unpaired) electrons. The number of anilines is 2. The van der Waals surface area contributed by atoms with Gasteiger partial charge in [-0.2, -0.15) is 0 Å². The van der Waals surface area contributed by atoms with E-state index in [1.807, 2.05) is 0 Å². The molecule has 0 aliphatic heterocycles. The van der Waals surface area contributed by atoms with Crippen LogP contribution in [-0.2, 0) is 11.2 Å². The van der Waals surface area contributed by atoms with Crippen molar-refractivity contribution in [1.82, 2.24) is 9.97 Å². The van der Waals surface area contributed by atoms with Crippen LogP contribution in [0, 0.1) is 5.92 Å². The van der Waals surface area contributed by atoms with Crippen molar-refractivity contribution >= 4 is 29.1 Å². The molecular weight excluding hydrogens is 330 g/mol. The molecule has 1 aliphatic rings. The van der Waals surface area contributed by atoms with E-state index in [1.54, 1.807) is 31.4 Å². The van der Waals surface area contributed by atoms with Gasteiger partial charge in [-0.3, -0.25) is 0 Å². The molecule has 0 atom stereocenters. The predicted octanol–water partition coefficient (Wildman–Crippen LogP) is 3.62. The Morgan fingerprint density at radius 3 is 2.75 bits per heavy atom. The standard InChI is InChI=1S/C17H18ClN3O3/c1-23-13-6-5-11(17(22)24-2)8-12(13)19-16-9-14(18)20-15(21-16)7-10-3-4-10/h5-6,8-10H,3-4,7H2,1-2H3,(H,19,20,21). The van der Waals surface area contributed by atoms with Gasteiger partial charge in [0.15, 0.2) is 0 Å². The van der Waals surface area contributed by atoms with Crippen molar-refractivity contribution in [2.45, 2.75) is 19.3 Å². The van der Waals surface area contributed by atoms with Gasteiger partial charge in [0.2, 0.25) is 0 Å². The second kappa shape index (κ2) is 7.05. The number of methoxy groups -OCH3 is 2. The van der Waals surface area contributed by atoms with Crippen LogP contribution < -0.4 is 10.1 Å². The summed E-state index contributed by atoms with van der Waals surface area (Å²) in [5, 5.41) is 3.53. The lowest BCUT2D eigenvalue weighted by molar-refractivity contribution is 0.0601. The Morgan fingerprint density at radius 2 is 2.08 bits per heavy atom. The molecule has 1 N–H and O–H groups in total. The molecule has 7 heteroatoms. The molecule has 3 rings (SSSR count). The van der Waals surface area contributed by atoms with Crippen molar-refractivity contribution in [3.05, 3.63) is 40.8 Å². The number of nitrogens with zero attached hydrogens (tertiary/aromatic N) is 2. The van der Waals surface area contributed by atoms with Gasteiger partial charge in [-0.15, -0.1) is 0 Å². The minimum atomic E-state index is -0.421. The maximum absolute atomic E-state index is 11.7. The third-order valence-electron chi connectivity index (χ3n) is 3.79. The van der Waals surface area contributed by atoms with Crippen LogP contribution in [0.2, 0.25) is 5.15 Å². The van der Waals surface area contributed by atoms with Crippen LogP contribution in [0.1, 0.15) is 29.0 Å². The molecule has 1 aromatic heterocycles. The molecular formula is C17H18ClN3O3. The zero-order chi connectivity index (χ0) is 17.1. The van der Waals surface area contributed by atoms with Crippen LogP contribution in [0.5, 0.6) is 5.75 Å². The molecule has 2 aromatic rings. The van der Waals surface area contributed by atoms with E-state index >= 15 is 0 Å². The number of rotatable bonds is 6. The highest BCUT2D eigenvalue weighted by atomic mass is 35.5. The monoisotopic (exact) mass is 347 g/mol. The summed E-state index contributed by atoms with van der Waals surface area (Å²) in [6.45, 7) is 0. The molecule has 0 unspecified atom stereocenters. The van der Waals surface area contributed by atoms with Crippen LogP contribution in [0.4, 0.5) is 11.5 Å². The van der Waals surface area contributed by atoms with E-state index in [4.69, 9.17) is 21.1 Å². The minimum absolute atomic E-state index is 0.381. The Labute approximate surface area is 145 Å². The summed E-state index contributed by atoms with van der Waals surface area (Å²) in [7, 11) is 2.90. The van der Waals surface area contributed by atoms with E-state index in [0.29, 0.717) is 33.9 Å². The molecule has 1 saturated carbocycles. The second-order valence-electron chi connectivity index (χ2n) is 5.67. The number of carbonyl (C=O) groups excluding carboxylic acids is 1. The van der Waals surface area contributed by atoms with Gasteiger partial charge in [0.25, 0.3) is 0 Å². The molecule has 126 valence electrons. The maximum atomic E-state index is 11.7. The van der Waals surface area contributed by atoms with E-state index in [2.05, 4.69) is 15.3 Å². The van der Waals surface area contributed by atoms with Crippen molar-refractivity contribution in [2.75, 3.05) is 19.5 Å². The lowest BCUT2D eigenvalue weighted by atomic mass is 10.2. The highest BCUT2D eigenvalue weighted by Crippen LogP contribution is 2.33. The summed E-state index contributed by atoms with van der Waals surface area (Å²) in [4.78, 5) is 20.5. The number of carbonyl (C=O) groups is 1. The van der Waals surface area contributed by atoms with Gasteiger partial charge in [0, 0.05) is 12.5 Å². The molecule has 0 bridgehead atoms. The first-order valence-corrected chi connectivity index (χ1v) is 8.03. The smallest absolute Gasteiger partial charge is 0.337 e. The van der Waals surface area contributed by atoms with Crippen LogP contribution in [-0.4, -0.2) is 30.2 Å². The Morgan fingerprint density at radius 1 is 1.29 bits per heavy atom. The number of hydrogen-bond donors (Lipinski definition) is 1. The Balaban J connectivity index is 1.88. The molecule has 24 heavy (non-hydrogen) atoms. The average molecular weight is 348 g/mol. The molecule has 6 nitrogen and oxygen atoms in total. The fourth-order valence-corrected chi connectivity index (χ4v) is 2.59. The maximum Gasteiger partial charge on any atom is 0.337 e. The third-order valence-corrected chi connectivity index (χ3v) is 3.99.